The summed E-state index contributed by atoms with van der Waals surface area (Å²) in [6.45, 7) is 7.98. The number of piperidine rings is 1. The summed E-state index contributed by atoms with van der Waals surface area (Å²) >= 11 is 0. The molecule has 0 amide bonds. The van der Waals surface area contributed by atoms with E-state index in [1.807, 2.05) is 6.92 Å². The van der Waals surface area contributed by atoms with Crippen molar-refractivity contribution in [2.24, 2.45) is 5.41 Å². The van der Waals surface area contributed by atoms with Gasteiger partial charge in [-0.05, 0) is 43.4 Å². The molecule has 0 aliphatic carbocycles. The number of hydrogen-bond donors (Lipinski definition) is 3. The second-order valence-corrected chi connectivity index (χ2v) is 9.17. The zero-order valence-electron chi connectivity index (χ0n) is 18.5. The lowest BCUT2D eigenvalue weighted by molar-refractivity contribution is 0.0698. The van der Waals surface area contributed by atoms with Crippen LogP contribution in [0.5, 0.6) is 5.75 Å². The fraction of sp³-hybridized carbons (Fsp3) is 0.375. The van der Waals surface area contributed by atoms with Crippen molar-refractivity contribution in [3.63, 3.8) is 0 Å². The molecule has 1 aliphatic rings. The van der Waals surface area contributed by atoms with Crippen molar-refractivity contribution in [2.75, 3.05) is 23.3 Å². The predicted molar refractivity (Wildman–Crippen MR) is 124 cm³/mol. The number of hydrogen-bond acceptors (Lipinski definition) is 6. The van der Waals surface area contributed by atoms with E-state index in [1.54, 1.807) is 24.3 Å². The molecule has 0 radical (unpaired) electrons. The molecule has 168 valence electrons. The lowest BCUT2D eigenvalue weighted by Gasteiger charge is -2.37. The summed E-state index contributed by atoms with van der Waals surface area (Å²) in [5.74, 6) is -0.481. The Labute approximate surface area is 186 Å². The third-order valence-electron chi connectivity index (χ3n) is 6.20. The Kier molecular flexibility index (Phi) is 5.54. The molecule has 0 unspecified atom stereocenters. The van der Waals surface area contributed by atoms with Crippen molar-refractivity contribution in [3.05, 3.63) is 64.1 Å². The van der Waals surface area contributed by atoms with E-state index in [0.717, 1.165) is 25.9 Å². The van der Waals surface area contributed by atoms with Crippen LogP contribution in [0.25, 0.3) is 5.65 Å². The van der Waals surface area contributed by atoms with Gasteiger partial charge in [-0.3, -0.25) is 9.20 Å². The Morgan fingerprint density at radius 3 is 2.56 bits per heavy atom. The van der Waals surface area contributed by atoms with Gasteiger partial charge >= 0.3 is 5.97 Å². The average Bonchev–Trinajstić information content (AvgIpc) is 2.74. The summed E-state index contributed by atoms with van der Waals surface area (Å²) in [7, 11) is 0. The van der Waals surface area contributed by atoms with Crippen LogP contribution >= 0.6 is 0 Å². The van der Waals surface area contributed by atoms with Crippen molar-refractivity contribution >= 4 is 23.1 Å². The van der Waals surface area contributed by atoms with Crippen LogP contribution in [0.3, 0.4) is 0 Å². The number of carboxylic acids is 1. The molecule has 0 saturated carbocycles. The molecular formula is C24H28N4O4. The highest BCUT2D eigenvalue weighted by atomic mass is 16.4. The number of rotatable bonds is 5. The molecule has 2 aromatic heterocycles. The number of nitrogens with one attached hydrogen (secondary N) is 1. The third kappa shape index (κ3) is 4.26. The van der Waals surface area contributed by atoms with E-state index in [4.69, 9.17) is 4.98 Å². The van der Waals surface area contributed by atoms with E-state index in [1.165, 1.54) is 22.7 Å². The Bertz CT molecular complexity index is 1220. The van der Waals surface area contributed by atoms with E-state index in [9.17, 15) is 19.8 Å². The fourth-order valence-corrected chi connectivity index (χ4v) is 4.13. The van der Waals surface area contributed by atoms with Gasteiger partial charge in [-0.2, -0.15) is 0 Å². The molecule has 1 atom stereocenters. The summed E-state index contributed by atoms with van der Waals surface area (Å²) in [4.78, 5) is 31.4. The number of pyridine rings is 1. The molecule has 0 spiro atoms. The van der Waals surface area contributed by atoms with Crippen molar-refractivity contribution in [3.8, 4) is 5.75 Å². The summed E-state index contributed by atoms with van der Waals surface area (Å²) in [5, 5.41) is 22.9. The van der Waals surface area contributed by atoms with Crippen LogP contribution in [0, 0.1) is 5.41 Å². The molecule has 8 heteroatoms. The highest BCUT2D eigenvalue weighted by Gasteiger charge is 2.27. The Balaban J connectivity index is 1.75. The van der Waals surface area contributed by atoms with E-state index in [-0.39, 0.29) is 22.3 Å². The minimum absolute atomic E-state index is 0.0657. The number of carboxylic acid groups (broad SMARTS) is 1. The van der Waals surface area contributed by atoms with Gasteiger partial charge in [0.25, 0.3) is 5.56 Å². The normalized spacial score (nSPS) is 16.7. The van der Waals surface area contributed by atoms with E-state index in [2.05, 4.69) is 24.1 Å². The Morgan fingerprint density at radius 2 is 1.88 bits per heavy atom. The quantitative estimate of drug-likeness (QED) is 0.557. The first kappa shape index (κ1) is 21.7. The molecule has 0 bridgehead atoms. The van der Waals surface area contributed by atoms with Gasteiger partial charge in [-0.15, -0.1) is 0 Å². The highest BCUT2D eigenvalue weighted by Crippen LogP contribution is 2.32. The second-order valence-electron chi connectivity index (χ2n) is 9.17. The molecule has 1 aliphatic heterocycles. The molecule has 3 heterocycles. The summed E-state index contributed by atoms with van der Waals surface area (Å²) in [5.41, 5.74) is 1.63. The first-order valence-electron chi connectivity index (χ1n) is 10.7. The molecule has 1 fully saturated rings. The third-order valence-corrected chi connectivity index (χ3v) is 6.20. The van der Waals surface area contributed by atoms with E-state index >= 15 is 0 Å². The molecule has 4 rings (SSSR count). The smallest absolute Gasteiger partial charge is 0.337 e. The fourth-order valence-electron chi connectivity index (χ4n) is 4.13. The maximum atomic E-state index is 12.9. The summed E-state index contributed by atoms with van der Waals surface area (Å²) in [6, 6.07) is 9.28. The largest absolute Gasteiger partial charge is 0.506 e. The van der Waals surface area contributed by atoms with Crippen LogP contribution in [0.2, 0.25) is 0 Å². The number of fused-ring (bicyclic) bond motifs is 1. The van der Waals surface area contributed by atoms with Gasteiger partial charge in [0, 0.05) is 30.4 Å². The van der Waals surface area contributed by atoms with Gasteiger partial charge < -0.3 is 20.4 Å². The molecule has 3 aromatic rings. The average molecular weight is 437 g/mol. The van der Waals surface area contributed by atoms with Gasteiger partial charge in [-0.1, -0.05) is 26.0 Å². The minimum Gasteiger partial charge on any atom is -0.506 e. The Morgan fingerprint density at radius 1 is 1.19 bits per heavy atom. The van der Waals surface area contributed by atoms with E-state index < -0.39 is 12.0 Å². The van der Waals surface area contributed by atoms with Crippen molar-refractivity contribution in [2.45, 2.75) is 39.7 Å². The van der Waals surface area contributed by atoms with Gasteiger partial charge in [0.1, 0.15) is 17.2 Å². The lowest BCUT2D eigenvalue weighted by Crippen LogP contribution is -2.38. The molecule has 3 N–H and O–H groups in total. The van der Waals surface area contributed by atoms with E-state index in [0.29, 0.717) is 22.7 Å². The van der Waals surface area contributed by atoms with Gasteiger partial charge in [-0.25, -0.2) is 9.78 Å². The topological polar surface area (TPSA) is 107 Å². The Hall–Kier alpha value is -3.55. The number of benzene rings is 1. The standard InChI is InChI=1S/C24H28N4O4/c1-15(25-19-7-5-4-6-17(19)23(31)32)18-12-16(29)14-28-21(30)13-20(26-22(18)28)27-10-8-24(2,3)9-11-27/h4-7,12-15,25,29H,8-11H2,1-3H3,(H,31,32)/t15-/m1/s1. The molecule has 8 nitrogen and oxygen atoms in total. The minimum atomic E-state index is -1.04. The van der Waals surface area contributed by atoms with Crippen LogP contribution in [0.1, 0.15) is 55.6 Å². The van der Waals surface area contributed by atoms with Crippen molar-refractivity contribution in [1.29, 1.82) is 0 Å². The monoisotopic (exact) mass is 436 g/mol. The van der Waals surface area contributed by atoms with Crippen LogP contribution in [0.15, 0.2) is 47.4 Å². The number of aromatic nitrogens is 2. The zero-order chi connectivity index (χ0) is 23.0. The number of para-hydroxylation sites is 1. The first-order valence-corrected chi connectivity index (χ1v) is 10.7. The first-order chi connectivity index (χ1) is 15.1. The maximum Gasteiger partial charge on any atom is 0.337 e. The molecular weight excluding hydrogens is 408 g/mol. The van der Waals surface area contributed by atoms with Gasteiger partial charge in [0.15, 0.2) is 0 Å². The van der Waals surface area contributed by atoms with Crippen LogP contribution in [-0.4, -0.2) is 38.7 Å². The maximum absolute atomic E-state index is 12.9. The van der Waals surface area contributed by atoms with Gasteiger partial charge in [0.2, 0.25) is 0 Å². The van der Waals surface area contributed by atoms with Crippen molar-refractivity contribution in [1.82, 2.24) is 9.38 Å². The number of nitrogens with zero attached hydrogens (tertiary/aromatic N) is 3. The molecule has 32 heavy (non-hydrogen) atoms. The molecule has 1 saturated heterocycles. The number of aromatic hydroxyl groups is 1. The van der Waals surface area contributed by atoms with Crippen LogP contribution in [-0.2, 0) is 0 Å². The summed E-state index contributed by atoms with van der Waals surface area (Å²) in [6.07, 6.45) is 3.38. The van der Waals surface area contributed by atoms with Crippen molar-refractivity contribution < 1.29 is 15.0 Å². The summed E-state index contributed by atoms with van der Waals surface area (Å²) < 4.78 is 1.34. The predicted octanol–water partition coefficient (Wildman–Crippen LogP) is 3.90. The number of aromatic carboxylic acids is 1. The SMILES string of the molecule is C[C@@H](Nc1ccccc1C(=O)O)c1cc(O)cn2c(=O)cc(N3CCC(C)(C)CC3)nc12. The van der Waals surface area contributed by atoms with Crippen LogP contribution in [0.4, 0.5) is 11.5 Å². The lowest BCUT2D eigenvalue weighted by atomic mass is 9.83. The van der Waals surface area contributed by atoms with Crippen LogP contribution < -0.4 is 15.8 Å². The second kappa shape index (κ2) is 8.18. The number of anilines is 2. The van der Waals surface area contributed by atoms with Gasteiger partial charge in [0.05, 0.1) is 17.8 Å². The molecule has 1 aromatic carbocycles. The highest BCUT2D eigenvalue weighted by molar-refractivity contribution is 5.94. The number of carbonyl (C=O) groups is 1. The zero-order valence-corrected chi connectivity index (χ0v) is 18.5.